The van der Waals surface area contributed by atoms with Gasteiger partial charge in [0.15, 0.2) is 11.5 Å². The molecule has 0 heterocycles. The monoisotopic (exact) mass is 400 g/mol. The number of benzene rings is 2. The number of rotatable bonds is 9. The lowest BCUT2D eigenvalue weighted by Gasteiger charge is -2.12. The molecule has 2 rings (SSSR count). The van der Waals surface area contributed by atoms with Crippen molar-refractivity contribution < 1.29 is 27.8 Å². The normalized spacial score (nSPS) is 10.4. The van der Waals surface area contributed by atoms with Crippen LogP contribution in [0.25, 0.3) is 0 Å². The van der Waals surface area contributed by atoms with Crippen LogP contribution >= 0.6 is 11.6 Å². The van der Waals surface area contributed by atoms with Crippen molar-refractivity contribution in [2.24, 2.45) is 0 Å². The van der Waals surface area contributed by atoms with Crippen molar-refractivity contribution in [1.29, 1.82) is 0 Å². The van der Waals surface area contributed by atoms with E-state index in [0.717, 1.165) is 0 Å². The van der Waals surface area contributed by atoms with Crippen molar-refractivity contribution in [3.8, 4) is 17.2 Å². The average Bonchev–Trinajstić information content (AvgIpc) is 2.64. The first kappa shape index (κ1) is 20.6. The van der Waals surface area contributed by atoms with E-state index in [1.165, 1.54) is 19.2 Å². The maximum Gasteiger partial charge on any atom is 0.387 e. The van der Waals surface area contributed by atoms with Crippen LogP contribution in [0.2, 0.25) is 5.02 Å². The van der Waals surface area contributed by atoms with E-state index in [4.69, 9.17) is 21.1 Å². The molecule has 0 spiro atoms. The second-order valence-corrected chi connectivity index (χ2v) is 5.72. The van der Waals surface area contributed by atoms with Crippen LogP contribution in [0, 0.1) is 0 Å². The average molecular weight is 401 g/mol. The van der Waals surface area contributed by atoms with Crippen molar-refractivity contribution >= 4 is 17.6 Å². The molecule has 146 valence electrons. The van der Waals surface area contributed by atoms with E-state index in [2.05, 4.69) is 15.4 Å². The lowest BCUT2D eigenvalue weighted by Crippen LogP contribution is -2.37. The summed E-state index contributed by atoms with van der Waals surface area (Å²) in [4.78, 5) is 11.8. The predicted octanol–water partition coefficient (Wildman–Crippen LogP) is 3.83. The Bertz CT molecular complexity index is 762. The molecule has 0 saturated carbocycles. The standard InChI is InChI=1S/C18H19ClF2N2O4/c1-25-16-9-12(5-6-15(16)27-17(20)21)11-23-18(24)22-7-8-26-14-4-2-3-13(19)10-14/h2-6,9-10,17H,7-8,11H2,1H3,(H2,22,23,24). The van der Waals surface area contributed by atoms with Crippen LogP contribution in [0.1, 0.15) is 5.56 Å². The summed E-state index contributed by atoms with van der Waals surface area (Å²) in [5.74, 6) is 0.701. The molecular formula is C18H19ClF2N2O4. The number of alkyl halides is 2. The predicted molar refractivity (Wildman–Crippen MR) is 96.8 cm³/mol. The second-order valence-electron chi connectivity index (χ2n) is 5.28. The Labute approximate surface area is 160 Å². The van der Waals surface area contributed by atoms with E-state index in [1.807, 2.05) is 0 Å². The molecule has 0 aliphatic carbocycles. The SMILES string of the molecule is COc1cc(CNC(=O)NCCOc2cccc(Cl)c2)ccc1OC(F)F. The van der Waals surface area contributed by atoms with Gasteiger partial charge in [-0.05, 0) is 35.9 Å². The number of amides is 2. The molecule has 0 radical (unpaired) electrons. The molecule has 2 N–H and O–H groups in total. The minimum Gasteiger partial charge on any atom is -0.493 e. The number of halogens is 3. The zero-order valence-electron chi connectivity index (χ0n) is 14.5. The number of urea groups is 1. The summed E-state index contributed by atoms with van der Waals surface area (Å²) >= 11 is 5.85. The van der Waals surface area contributed by atoms with Gasteiger partial charge >= 0.3 is 12.6 Å². The number of ether oxygens (including phenoxy) is 3. The van der Waals surface area contributed by atoms with E-state index < -0.39 is 12.6 Å². The first-order valence-corrected chi connectivity index (χ1v) is 8.37. The van der Waals surface area contributed by atoms with Crippen molar-refractivity contribution in [3.63, 3.8) is 0 Å². The molecule has 2 amide bonds. The van der Waals surface area contributed by atoms with Gasteiger partial charge in [-0.2, -0.15) is 8.78 Å². The molecule has 27 heavy (non-hydrogen) atoms. The molecule has 2 aromatic carbocycles. The zero-order valence-corrected chi connectivity index (χ0v) is 15.3. The van der Waals surface area contributed by atoms with Crippen LogP contribution in [0.3, 0.4) is 0 Å². The Kier molecular flexibility index (Phi) is 7.94. The number of methoxy groups -OCH3 is 1. The lowest BCUT2D eigenvalue weighted by atomic mass is 10.2. The molecule has 0 unspecified atom stereocenters. The van der Waals surface area contributed by atoms with Crippen LogP contribution in [0.15, 0.2) is 42.5 Å². The third-order valence-corrected chi connectivity index (χ3v) is 3.58. The Morgan fingerprint density at radius 1 is 1.15 bits per heavy atom. The number of carbonyl (C=O) groups is 1. The highest BCUT2D eigenvalue weighted by atomic mass is 35.5. The fourth-order valence-electron chi connectivity index (χ4n) is 2.15. The number of hydrogen-bond donors (Lipinski definition) is 2. The van der Waals surface area contributed by atoms with Gasteiger partial charge in [-0.1, -0.05) is 23.7 Å². The maximum absolute atomic E-state index is 12.3. The molecule has 0 bridgehead atoms. The van der Waals surface area contributed by atoms with E-state index in [0.29, 0.717) is 22.9 Å². The van der Waals surface area contributed by atoms with Gasteiger partial charge in [-0.15, -0.1) is 0 Å². The minimum absolute atomic E-state index is 0.0705. The highest BCUT2D eigenvalue weighted by Gasteiger charge is 2.11. The summed E-state index contributed by atoms with van der Waals surface area (Å²) in [7, 11) is 1.34. The molecule has 2 aromatic rings. The molecule has 0 aliphatic rings. The number of carbonyl (C=O) groups excluding carboxylic acids is 1. The molecular weight excluding hydrogens is 382 g/mol. The van der Waals surface area contributed by atoms with Gasteiger partial charge in [0, 0.05) is 11.6 Å². The smallest absolute Gasteiger partial charge is 0.387 e. The van der Waals surface area contributed by atoms with Crippen LogP contribution in [-0.2, 0) is 6.54 Å². The highest BCUT2D eigenvalue weighted by Crippen LogP contribution is 2.29. The fraction of sp³-hybridized carbons (Fsp3) is 0.278. The summed E-state index contributed by atoms with van der Waals surface area (Å²) in [6.45, 7) is -2.18. The number of nitrogens with one attached hydrogen (secondary N) is 2. The van der Waals surface area contributed by atoms with Gasteiger partial charge in [0.1, 0.15) is 12.4 Å². The summed E-state index contributed by atoms with van der Waals surface area (Å²) in [5.41, 5.74) is 0.666. The van der Waals surface area contributed by atoms with E-state index in [1.54, 1.807) is 30.3 Å². The van der Waals surface area contributed by atoms with Gasteiger partial charge in [0.2, 0.25) is 0 Å². The van der Waals surface area contributed by atoms with Gasteiger partial charge in [0.05, 0.1) is 13.7 Å². The Hall–Kier alpha value is -2.74. The van der Waals surface area contributed by atoms with Gasteiger partial charge < -0.3 is 24.8 Å². The molecule has 0 aromatic heterocycles. The number of hydrogen-bond acceptors (Lipinski definition) is 4. The van der Waals surface area contributed by atoms with E-state index in [9.17, 15) is 13.6 Å². The first-order valence-electron chi connectivity index (χ1n) is 7.99. The topological polar surface area (TPSA) is 68.8 Å². The third kappa shape index (κ3) is 7.18. The van der Waals surface area contributed by atoms with Gasteiger partial charge in [-0.3, -0.25) is 0 Å². The van der Waals surface area contributed by atoms with Crippen molar-refractivity contribution in [2.75, 3.05) is 20.3 Å². The Morgan fingerprint density at radius 2 is 1.96 bits per heavy atom. The summed E-state index contributed by atoms with van der Waals surface area (Å²) in [6.07, 6.45) is 0. The first-order chi connectivity index (χ1) is 13.0. The molecule has 0 aliphatic heterocycles. The fourth-order valence-corrected chi connectivity index (χ4v) is 2.33. The Morgan fingerprint density at radius 3 is 2.67 bits per heavy atom. The van der Waals surface area contributed by atoms with Crippen LogP contribution in [-0.4, -0.2) is 32.9 Å². The largest absolute Gasteiger partial charge is 0.493 e. The van der Waals surface area contributed by atoms with Crippen LogP contribution in [0.4, 0.5) is 13.6 Å². The molecule has 6 nitrogen and oxygen atoms in total. The molecule has 0 fully saturated rings. The molecule has 0 saturated heterocycles. The van der Waals surface area contributed by atoms with E-state index >= 15 is 0 Å². The van der Waals surface area contributed by atoms with Crippen molar-refractivity contribution in [1.82, 2.24) is 10.6 Å². The van der Waals surface area contributed by atoms with Crippen molar-refractivity contribution in [2.45, 2.75) is 13.2 Å². The maximum atomic E-state index is 12.3. The summed E-state index contributed by atoms with van der Waals surface area (Å²) < 4.78 is 39.4. The highest BCUT2D eigenvalue weighted by molar-refractivity contribution is 6.30. The van der Waals surface area contributed by atoms with Gasteiger partial charge in [0.25, 0.3) is 0 Å². The summed E-state index contributed by atoms with van der Waals surface area (Å²) in [6, 6.07) is 11.0. The lowest BCUT2D eigenvalue weighted by molar-refractivity contribution is -0.0512. The van der Waals surface area contributed by atoms with Crippen LogP contribution < -0.4 is 24.8 Å². The quantitative estimate of drug-likeness (QED) is 0.628. The van der Waals surface area contributed by atoms with E-state index in [-0.39, 0.29) is 24.7 Å². The van der Waals surface area contributed by atoms with Crippen LogP contribution in [0.5, 0.6) is 17.2 Å². The molecule has 9 heteroatoms. The van der Waals surface area contributed by atoms with Gasteiger partial charge in [-0.25, -0.2) is 4.79 Å². The minimum atomic E-state index is -2.94. The zero-order chi connectivity index (χ0) is 19.6. The Balaban J connectivity index is 1.73. The second kappa shape index (κ2) is 10.4. The van der Waals surface area contributed by atoms with Crippen molar-refractivity contribution in [3.05, 3.63) is 53.1 Å². The third-order valence-electron chi connectivity index (χ3n) is 3.35. The molecule has 0 atom stereocenters. The summed E-state index contributed by atoms with van der Waals surface area (Å²) in [5, 5.41) is 5.86.